The summed E-state index contributed by atoms with van der Waals surface area (Å²) in [6.45, 7) is 1.61. The molecule has 0 aliphatic heterocycles. The van der Waals surface area contributed by atoms with Gasteiger partial charge in [0.2, 0.25) is 5.13 Å². The SMILES string of the molecule is C[C@@H](Oc1ccc(F)cc1)C(=O)Nc1nc(-c2ccc(Br)cc2)ns1. The van der Waals surface area contributed by atoms with Crippen molar-refractivity contribution in [2.75, 3.05) is 5.32 Å². The Labute approximate surface area is 156 Å². The van der Waals surface area contributed by atoms with Gasteiger partial charge in [-0.3, -0.25) is 10.1 Å². The Kier molecular flexibility index (Phi) is 5.40. The number of carbonyl (C=O) groups is 1. The minimum absolute atomic E-state index is 0.358. The quantitative estimate of drug-likeness (QED) is 0.657. The van der Waals surface area contributed by atoms with Crippen LogP contribution >= 0.6 is 27.5 Å². The molecular formula is C17H13BrFN3O2S. The van der Waals surface area contributed by atoms with Gasteiger partial charge in [-0.1, -0.05) is 28.1 Å². The molecule has 3 rings (SSSR count). The number of hydrogen-bond donors (Lipinski definition) is 1. The average Bonchev–Trinajstić information content (AvgIpc) is 3.06. The number of benzene rings is 2. The first-order valence-electron chi connectivity index (χ1n) is 7.34. The zero-order valence-corrected chi connectivity index (χ0v) is 15.5. The molecule has 0 aliphatic rings. The first-order valence-corrected chi connectivity index (χ1v) is 8.90. The third-order valence-corrected chi connectivity index (χ3v) is 4.41. The smallest absolute Gasteiger partial charge is 0.266 e. The van der Waals surface area contributed by atoms with Gasteiger partial charge >= 0.3 is 0 Å². The van der Waals surface area contributed by atoms with E-state index in [0.717, 1.165) is 21.6 Å². The zero-order valence-electron chi connectivity index (χ0n) is 13.1. The van der Waals surface area contributed by atoms with Crippen LogP contribution in [-0.4, -0.2) is 21.4 Å². The second kappa shape index (κ2) is 7.71. The van der Waals surface area contributed by atoms with Crippen LogP contribution in [0.15, 0.2) is 53.0 Å². The first-order chi connectivity index (χ1) is 12.0. The summed E-state index contributed by atoms with van der Waals surface area (Å²) in [6, 6.07) is 13.0. The molecule has 1 amide bonds. The van der Waals surface area contributed by atoms with Crippen LogP contribution in [0.2, 0.25) is 0 Å². The standard InChI is InChI=1S/C17H13BrFN3O2S/c1-10(24-14-8-6-13(19)7-9-14)16(23)21-17-20-15(22-25-17)11-2-4-12(18)5-3-11/h2-10H,1H3,(H,20,21,22,23)/t10-/m1/s1. The fraction of sp³-hybridized carbons (Fsp3) is 0.118. The molecule has 0 bridgehead atoms. The summed E-state index contributed by atoms with van der Waals surface area (Å²) in [7, 11) is 0. The molecular weight excluding hydrogens is 409 g/mol. The number of anilines is 1. The summed E-state index contributed by atoms with van der Waals surface area (Å²) in [6.07, 6.45) is -0.759. The van der Waals surface area contributed by atoms with E-state index in [-0.39, 0.29) is 11.7 Å². The van der Waals surface area contributed by atoms with Crippen LogP contribution in [0.1, 0.15) is 6.92 Å². The van der Waals surface area contributed by atoms with Crippen LogP contribution in [0, 0.1) is 5.82 Å². The Bertz CT molecular complexity index is 868. The fourth-order valence-electron chi connectivity index (χ4n) is 1.97. The number of nitrogens with one attached hydrogen (secondary N) is 1. The van der Waals surface area contributed by atoms with E-state index in [9.17, 15) is 9.18 Å². The van der Waals surface area contributed by atoms with Crippen molar-refractivity contribution in [1.29, 1.82) is 0 Å². The average molecular weight is 422 g/mol. The zero-order chi connectivity index (χ0) is 17.8. The molecule has 2 aromatic carbocycles. The summed E-state index contributed by atoms with van der Waals surface area (Å²) >= 11 is 4.47. The van der Waals surface area contributed by atoms with Crippen LogP contribution in [0.3, 0.4) is 0 Å². The summed E-state index contributed by atoms with van der Waals surface area (Å²) in [5.74, 6) is 0.235. The second-order valence-electron chi connectivity index (χ2n) is 5.13. The van der Waals surface area contributed by atoms with Crippen LogP contribution in [0.5, 0.6) is 5.75 Å². The fourth-order valence-corrected chi connectivity index (χ4v) is 2.83. The van der Waals surface area contributed by atoms with E-state index in [1.54, 1.807) is 6.92 Å². The number of nitrogens with zero attached hydrogens (tertiary/aromatic N) is 2. The molecule has 0 saturated heterocycles. The lowest BCUT2D eigenvalue weighted by molar-refractivity contribution is -0.122. The lowest BCUT2D eigenvalue weighted by Gasteiger charge is -2.13. The van der Waals surface area contributed by atoms with Gasteiger partial charge in [-0.05, 0) is 43.3 Å². The molecule has 1 N–H and O–H groups in total. The number of ether oxygens (including phenoxy) is 1. The number of amides is 1. The molecule has 1 heterocycles. The van der Waals surface area contributed by atoms with E-state index < -0.39 is 6.10 Å². The maximum absolute atomic E-state index is 12.9. The predicted molar refractivity (Wildman–Crippen MR) is 98.2 cm³/mol. The van der Waals surface area contributed by atoms with Crippen molar-refractivity contribution < 1.29 is 13.9 Å². The van der Waals surface area contributed by atoms with E-state index in [0.29, 0.717) is 16.7 Å². The highest BCUT2D eigenvalue weighted by molar-refractivity contribution is 9.10. The first kappa shape index (κ1) is 17.5. The molecule has 1 atom stereocenters. The highest BCUT2D eigenvalue weighted by atomic mass is 79.9. The van der Waals surface area contributed by atoms with Crippen LogP contribution < -0.4 is 10.1 Å². The lowest BCUT2D eigenvalue weighted by atomic mass is 10.2. The summed E-state index contributed by atoms with van der Waals surface area (Å²) in [5, 5.41) is 3.06. The Morgan fingerprint density at radius 2 is 1.88 bits per heavy atom. The lowest BCUT2D eigenvalue weighted by Crippen LogP contribution is -2.30. The number of halogens is 2. The Morgan fingerprint density at radius 3 is 2.56 bits per heavy atom. The molecule has 0 unspecified atom stereocenters. The Balaban J connectivity index is 1.62. The Morgan fingerprint density at radius 1 is 1.20 bits per heavy atom. The number of aromatic nitrogens is 2. The van der Waals surface area contributed by atoms with E-state index in [2.05, 4.69) is 30.6 Å². The maximum Gasteiger partial charge on any atom is 0.266 e. The van der Waals surface area contributed by atoms with Crippen LogP contribution in [0.25, 0.3) is 11.4 Å². The molecule has 3 aromatic rings. The summed E-state index contributed by atoms with van der Waals surface area (Å²) in [4.78, 5) is 16.5. The van der Waals surface area contributed by atoms with Crippen molar-refractivity contribution in [1.82, 2.24) is 9.36 Å². The molecule has 0 aliphatic carbocycles. The minimum atomic E-state index is -0.759. The van der Waals surface area contributed by atoms with E-state index >= 15 is 0 Å². The van der Waals surface area contributed by atoms with Crippen molar-refractivity contribution in [2.45, 2.75) is 13.0 Å². The van der Waals surface area contributed by atoms with Crippen LogP contribution in [0.4, 0.5) is 9.52 Å². The van der Waals surface area contributed by atoms with Gasteiger partial charge in [0.15, 0.2) is 11.9 Å². The summed E-state index contributed by atoms with van der Waals surface area (Å²) in [5.41, 5.74) is 0.857. The van der Waals surface area contributed by atoms with Crippen molar-refractivity contribution in [3.8, 4) is 17.1 Å². The number of carbonyl (C=O) groups excluding carboxylic acids is 1. The van der Waals surface area contributed by atoms with Crippen molar-refractivity contribution in [2.24, 2.45) is 0 Å². The van der Waals surface area contributed by atoms with E-state index in [1.165, 1.54) is 24.3 Å². The van der Waals surface area contributed by atoms with Gasteiger partial charge in [0, 0.05) is 21.6 Å². The topological polar surface area (TPSA) is 64.1 Å². The third-order valence-electron chi connectivity index (χ3n) is 3.25. The summed E-state index contributed by atoms with van der Waals surface area (Å²) < 4.78 is 23.6. The molecule has 128 valence electrons. The van der Waals surface area contributed by atoms with Gasteiger partial charge < -0.3 is 4.74 Å². The molecule has 5 nitrogen and oxygen atoms in total. The van der Waals surface area contributed by atoms with Crippen molar-refractivity contribution >= 4 is 38.5 Å². The predicted octanol–water partition coefficient (Wildman–Crippen LogP) is 4.51. The Hall–Kier alpha value is -2.32. The minimum Gasteiger partial charge on any atom is -0.481 e. The molecule has 25 heavy (non-hydrogen) atoms. The number of rotatable bonds is 5. The van der Waals surface area contributed by atoms with E-state index in [1.807, 2.05) is 24.3 Å². The molecule has 0 radical (unpaired) electrons. The van der Waals surface area contributed by atoms with E-state index in [4.69, 9.17) is 4.74 Å². The largest absolute Gasteiger partial charge is 0.481 e. The third kappa shape index (κ3) is 4.61. The van der Waals surface area contributed by atoms with Gasteiger partial charge in [0.05, 0.1) is 0 Å². The van der Waals surface area contributed by atoms with Crippen molar-refractivity contribution in [3.05, 3.63) is 58.8 Å². The van der Waals surface area contributed by atoms with Gasteiger partial charge in [0.1, 0.15) is 11.6 Å². The van der Waals surface area contributed by atoms with Crippen LogP contribution in [-0.2, 0) is 4.79 Å². The monoisotopic (exact) mass is 421 g/mol. The molecule has 0 saturated carbocycles. The maximum atomic E-state index is 12.9. The highest BCUT2D eigenvalue weighted by Gasteiger charge is 2.17. The molecule has 8 heteroatoms. The van der Waals surface area contributed by atoms with Crippen molar-refractivity contribution in [3.63, 3.8) is 0 Å². The second-order valence-corrected chi connectivity index (χ2v) is 6.80. The molecule has 0 fully saturated rings. The van der Waals surface area contributed by atoms with Gasteiger partial charge in [0.25, 0.3) is 5.91 Å². The number of hydrogen-bond acceptors (Lipinski definition) is 5. The molecule has 0 spiro atoms. The van der Waals surface area contributed by atoms with Gasteiger partial charge in [-0.25, -0.2) is 4.39 Å². The van der Waals surface area contributed by atoms with Gasteiger partial charge in [-0.15, -0.1) is 0 Å². The molecule has 1 aromatic heterocycles. The normalized spacial score (nSPS) is 11.8. The highest BCUT2D eigenvalue weighted by Crippen LogP contribution is 2.23. The van der Waals surface area contributed by atoms with Gasteiger partial charge in [-0.2, -0.15) is 9.36 Å².